The molecule has 2 rings (SSSR count). The standard InChI is InChI=1S/C18H21ClFN3O2/c1-5-18(3,4)22-16(23-24)13-8-6-11(2)21-17(13)25-12-7-9-15(20)14(19)10-12/h6-10,24H,5H2,1-4H3,(H,22,23). The van der Waals surface area contributed by atoms with Crippen molar-refractivity contribution in [1.82, 2.24) is 10.5 Å². The predicted molar refractivity (Wildman–Crippen MR) is 96.3 cm³/mol. The second-order valence-electron chi connectivity index (χ2n) is 6.22. The minimum atomic E-state index is -0.532. The van der Waals surface area contributed by atoms with Crippen LogP contribution >= 0.6 is 11.6 Å². The normalized spacial score (nSPS) is 12.2. The molecule has 1 heterocycles. The Morgan fingerprint density at radius 3 is 2.68 bits per heavy atom. The van der Waals surface area contributed by atoms with Crippen LogP contribution in [0, 0.1) is 12.7 Å². The molecule has 1 aromatic heterocycles. The van der Waals surface area contributed by atoms with Crippen molar-refractivity contribution < 1.29 is 14.3 Å². The van der Waals surface area contributed by atoms with E-state index < -0.39 is 5.82 Å². The molecule has 0 unspecified atom stereocenters. The van der Waals surface area contributed by atoms with Crippen LogP contribution in [-0.2, 0) is 0 Å². The van der Waals surface area contributed by atoms with Crippen LogP contribution in [0.4, 0.5) is 4.39 Å². The summed E-state index contributed by atoms with van der Waals surface area (Å²) in [5, 5.41) is 9.50. The van der Waals surface area contributed by atoms with Crippen molar-refractivity contribution in [3.63, 3.8) is 0 Å². The van der Waals surface area contributed by atoms with Crippen LogP contribution in [0.3, 0.4) is 0 Å². The van der Waals surface area contributed by atoms with Crippen molar-refractivity contribution in [3.8, 4) is 11.6 Å². The molecule has 134 valence electrons. The number of benzene rings is 1. The molecule has 0 aliphatic carbocycles. The van der Waals surface area contributed by atoms with E-state index in [4.69, 9.17) is 16.3 Å². The number of hydrogen-bond acceptors (Lipinski definition) is 4. The van der Waals surface area contributed by atoms with E-state index in [-0.39, 0.29) is 22.3 Å². The number of hydrogen-bond donors (Lipinski definition) is 2. The molecule has 0 atom stereocenters. The Kier molecular flexibility index (Phi) is 5.98. The number of nitrogens with zero attached hydrogens (tertiary/aromatic N) is 2. The van der Waals surface area contributed by atoms with Gasteiger partial charge >= 0.3 is 0 Å². The van der Waals surface area contributed by atoms with E-state index in [1.54, 1.807) is 12.1 Å². The molecule has 0 amide bonds. The van der Waals surface area contributed by atoms with Crippen LogP contribution in [0.15, 0.2) is 35.3 Å². The first-order valence-electron chi connectivity index (χ1n) is 7.86. The van der Waals surface area contributed by atoms with Crippen molar-refractivity contribution in [2.45, 2.75) is 39.7 Å². The number of aryl methyl sites for hydroxylation is 1. The summed E-state index contributed by atoms with van der Waals surface area (Å²) in [4.78, 5) is 8.88. The number of aromatic nitrogens is 1. The summed E-state index contributed by atoms with van der Waals surface area (Å²) in [7, 11) is 0. The van der Waals surface area contributed by atoms with Gasteiger partial charge in [0.25, 0.3) is 0 Å². The summed E-state index contributed by atoms with van der Waals surface area (Å²) < 4.78 is 19.1. The van der Waals surface area contributed by atoms with Crippen molar-refractivity contribution in [2.75, 3.05) is 0 Å². The lowest BCUT2D eigenvalue weighted by molar-refractivity contribution is 0.232. The number of aliphatic imine (C=N–C) groups is 1. The summed E-state index contributed by atoms with van der Waals surface area (Å²) in [6.45, 7) is 7.72. The van der Waals surface area contributed by atoms with Gasteiger partial charge in [-0.3, -0.25) is 15.7 Å². The fraction of sp³-hybridized carbons (Fsp3) is 0.333. The minimum Gasteiger partial charge on any atom is -0.438 e. The Balaban J connectivity index is 2.47. The highest BCUT2D eigenvalue weighted by Gasteiger charge is 2.19. The van der Waals surface area contributed by atoms with Gasteiger partial charge < -0.3 is 4.74 Å². The van der Waals surface area contributed by atoms with Gasteiger partial charge in [-0.05, 0) is 51.5 Å². The third kappa shape index (κ3) is 4.90. The minimum absolute atomic E-state index is 0.0482. The van der Waals surface area contributed by atoms with Crippen LogP contribution in [0.1, 0.15) is 38.4 Å². The van der Waals surface area contributed by atoms with Gasteiger partial charge in [0.15, 0.2) is 5.84 Å². The Morgan fingerprint density at radius 2 is 2.08 bits per heavy atom. The molecular weight excluding hydrogens is 345 g/mol. The first kappa shape index (κ1) is 19.1. The Labute approximate surface area is 151 Å². The Morgan fingerprint density at radius 1 is 1.36 bits per heavy atom. The molecule has 1 aromatic carbocycles. The van der Waals surface area contributed by atoms with Gasteiger partial charge in [-0.25, -0.2) is 9.37 Å². The van der Waals surface area contributed by atoms with E-state index in [1.165, 1.54) is 18.2 Å². The van der Waals surface area contributed by atoms with Crippen LogP contribution in [0.5, 0.6) is 11.6 Å². The number of ether oxygens (including phenoxy) is 1. The SMILES string of the molecule is CCC(C)(C)N=C(NO)c1ccc(C)nc1Oc1ccc(F)c(Cl)c1. The molecule has 2 aromatic rings. The molecule has 0 aliphatic heterocycles. The second kappa shape index (κ2) is 7.80. The monoisotopic (exact) mass is 365 g/mol. The van der Waals surface area contributed by atoms with Crippen molar-refractivity contribution in [2.24, 2.45) is 4.99 Å². The first-order valence-corrected chi connectivity index (χ1v) is 8.24. The molecule has 0 spiro atoms. The van der Waals surface area contributed by atoms with Gasteiger partial charge in [0, 0.05) is 11.8 Å². The number of hydroxylamine groups is 1. The lowest BCUT2D eigenvalue weighted by atomic mass is 10.0. The van der Waals surface area contributed by atoms with Gasteiger partial charge in [0.2, 0.25) is 5.88 Å². The quantitative estimate of drug-likeness (QED) is 0.450. The highest BCUT2D eigenvalue weighted by Crippen LogP contribution is 2.28. The number of pyridine rings is 1. The molecule has 0 bridgehead atoms. The summed E-state index contributed by atoms with van der Waals surface area (Å²) in [5.74, 6) is 0.269. The number of nitrogens with one attached hydrogen (secondary N) is 1. The summed E-state index contributed by atoms with van der Waals surface area (Å²) in [6, 6.07) is 7.56. The van der Waals surface area contributed by atoms with Gasteiger partial charge in [0.1, 0.15) is 11.6 Å². The summed E-state index contributed by atoms with van der Waals surface area (Å²) >= 11 is 5.80. The van der Waals surface area contributed by atoms with Crippen molar-refractivity contribution in [3.05, 3.63) is 52.4 Å². The number of halogens is 2. The molecule has 0 saturated heterocycles. The molecule has 0 aliphatic rings. The van der Waals surface area contributed by atoms with E-state index in [1.807, 2.05) is 27.7 Å². The van der Waals surface area contributed by atoms with Crippen molar-refractivity contribution in [1.29, 1.82) is 0 Å². The highest BCUT2D eigenvalue weighted by atomic mass is 35.5. The molecule has 25 heavy (non-hydrogen) atoms. The van der Waals surface area contributed by atoms with Crippen LogP contribution < -0.4 is 10.2 Å². The number of rotatable bonds is 5. The zero-order valence-corrected chi connectivity index (χ0v) is 15.4. The van der Waals surface area contributed by atoms with Gasteiger partial charge in [-0.1, -0.05) is 18.5 Å². The Hall–Kier alpha value is -2.18. The van der Waals surface area contributed by atoms with Gasteiger partial charge in [-0.15, -0.1) is 0 Å². The third-order valence-electron chi connectivity index (χ3n) is 3.75. The molecule has 2 N–H and O–H groups in total. The largest absolute Gasteiger partial charge is 0.438 e. The van der Waals surface area contributed by atoms with E-state index in [9.17, 15) is 9.60 Å². The van der Waals surface area contributed by atoms with Crippen LogP contribution in [0.2, 0.25) is 5.02 Å². The topological polar surface area (TPSA) is 66.7 Å². The summed E-state index contributed by atoms with van der Waals surface area (Å²) in [5.41, 5.74) is 2.94. The van der Waals surface area contributed by atoms with Gasteiger partial charge in [-0.2, -0.15) is 0 Å². The molecule has 7 heteroatoms. The molecule has 5 nitrogen and oxygen atoms in total. The zero-order chi connectivity index (χ0) is 18.6. The number of amidine groups is 1. The van der Waals surface area contributed by atoms with E-state index >= 15 is 0 Å². The zero-order valence-electron chi connectivity index (χ0n) is 14.6. The average Bonchev–Trinajstić information content (AvgIpc) is 2.57. The lowest BCUT2D eigenvalue weighted by Crippen LogP contribution is -2.27. The van der Waals surface area contributed by atoms with Gasteiger partial charge in [0.05, 0.1) is 16.1 Å². The van der Waals surface area contributed by atoms with E-state index in [2.05, 4.69) is 15.5 Å². The maximum absolute atomic E-state index is 13.3. The first-order chi connectivity index (χ1) is 11.8. The smallest absolute Gasteiger partial charge is 0.230 e. The lowest BCUT2D eigenvalue weighted by Gasteiger charge is -2.20. The van der Waals surface area contributed by atoms with Crippen LogP contribution in [0.25, 0.3) is 0 Å². The molecular formula is C18H21ClFN3O2. The molecule has 0 radical (unpaired) electrons. The maximum atomic E-state index is 13.3. The Bertz CT molecular complexity index is 794. The highest BCUT2D eigenvalue weighted by molar-refractivity contribution is 6.30. The average molecular weight is 366 g/mol. The van der Waals surface area contributed by atoms with Crippen LogP contribution in [-0.4, -0.2) is 21.6 Å². The molecule has 0 saturated carbocycles. The maximum Gasteiger partial charge on any atom is 0.230 e. The van der Waals surface area contributed by atoms with Crippen molar-refractivity contribution >= 4 is 17.4 Å². The fourth-order valence-electron chi connectivity index (χ4n) is 1.97. The summed E-state index contributed by atoms with van der Waals surface area (Å²) in [6.07, 6.45) is 0.779. The van der Waals surface area contributed by atoms with E-state index in [0.717, 1.165) is 12.1 Å². The molecule has 0 fully saturated rings. The van der Waals surface area contributed by atoms with E-state index in [0.29, 0.717) is 11.3 Å². The fourth-order valence-corrected chi connectivity index (χ4v) is 2.14. The second-order valence-corrected chi connectivity index (χ2v) is 6.63. The third-order valence-corrected chi connectivity index (χ3v) is 4.04. The predicted octanol–water partition coefficient (Wildman–Crippen LogP) is 4.89.